The zero-order valence-electron chi connectivity index (χ0n) is 6.70. The molecule has 1 aliphatic rings. The molecule has 2 N–H and O–H groups in total. The number of carbonyl (C=O) groups is 1. The SMILES string of the molecule is CCC(C(=O)O)[NH+]1C=CN=C1.[Cl-]. The standard InChI is InChI=1S/C7H10N2O2.ClH/c1-2-6(7(10)11)9-4-3-8-5-9;/h3-6H,2H2,1H3,(H,10,11);1H. The maximum Gasteiger partial charge on any atom is 0.363 e. The van der Waals surface area contributed by atoms with E-state index in [1.54, 1.807) is 18.7 Å². The van der Waals surface area contributed by atoms with Crippen LogP contribution in [0.5, 0.6) is 0 Å². The molecule has 0 spiro atoms. The van der Waals surface area contributed by atoms with Crippen molar-refractivity contribution in [2.75, 3.05) is 0 Å². The Balaban J connectivity index is 0.00000121. The molecule has 0 aliphatic carbocycles. The summed E-state index contributed by atoms with van der Waals surface area (Å²) < 4.78 is 0. The van der Waals surface area contributed by atoms with Gasteiger partial charge in [0.15, 0.2) is 12.4 Å². The van der Waals surface area contributed by atoms with Crippen molar-refractivity contribution in [3.05, 3.63) is 12.4 Å². The number of aliphatic imine (C=N–C) groups is 1. The Kier molecular flexibility index (Phi) is 4.54. The minimum Gasteiger partial charge on any atom is -1.00 e. The molecule has 2 unspecified atom stereocenters. The summed E-state index contributed by atoms with van der Waals surface area (Å²) in [4.78, 5) is 15.2. The van der Waals surface area contributed by atoms with E-state index < -0.39 is 12.0 Å². The van der Waals surface area contributed by atoms with Gasteiger partial charge in [-0.3, -0.25) is 4.90 Å². The van der Waals surface area contributed by atoms with Crippen molar-refractivity contribution in [3.8, 4) is 0 Å². The highest BCUT2D eigenvalue weighted by Gasteiger charge is 2.26. The summed E-state index contributed by atoms with van der Waals surface area (Å²) in [7, 11) is 0. The number of nitrogens with one attached hydrogen (secondary N) is 1. The quantitative estimate of drug-likeness (QED) is 0.481. The maximum atomic E-state index is 10.6. The molecular formula is C7H11ClN2O2. The number of nitrogens with zero attached hydrogens (tertiary/aromatic N) is 1. The minimum atomic E-state index is -0.777. The molecule has 12 heavy (non-hydrogen) atoms. The molecule has 0 radical (unpaired) electrons. The van der Waals surface area contributed by atoms with Gasteiger partial charge in [-0.1, -0.05) is 6.92 Å². The molecule has 0 saturated heterocycles. The number of aliphatic carboxylic acids is 1. The van der Waals surface area contributed by atoms with Crippen LogP contribution in [0.2, 0.25) is 0 Å². The molecule has 0 fully saturated rings. The smallest absolute Gasteiger partial charge is 0.363 e. The van der Waals surface area contributed by atoms with E-state index in [1.165, 1.54) is 0 Å². The van der Waals surface area contributed by atoms with Crippen molar-refractivity contribution in [2.45, 2.75) is 19.4 Å². The van der Waals surface area contributed by atoms with Crippen LogP contribution in [0.3, 0.4) is 0 Å². The highest BCUT2D eigenvalue weighted by molar-refractivity contribution is 5.73. The van der Waals surface area contributed by atoms with Crippen molar-refractivity contribution < 1.29 is 27.2 Å². The third kappa shape index (κ3) is 2.32. The van der Waals surface area contributed by atoms with E-state index in [2.05, 4.69) is 4.99 Å². The van der Waals surface area contributed by atoms with Gasteiger partial charge >= 0.3 is 5.97 Å². The van der Waals surface area contributed by atoms with Crippen molar-refractivity contribution in [1.82, 2.24) is 0 Å². The third-order valence-electron chi connectivity index (χ3n) is 1.69. The van der Waals surface area contributed by atoms with Gasteiger partial charge in [-0.2, -0.15) is 0 Å². The van der Waals surface area contributed by atoms with Gasteiger partial charge in [-0.15, -0.1) is 0 Å². The minimum absolute atomic E-state index is 0. The molecule has 0 aromatic heterocycles. The van der Waals surface area contributed by atoms with Crippen LogP contribution in [0, 0.1) is 0 Å². The maximum absolute atomic E-state index is 10.6. The zero-order valence-corrected chi connectivity index (χ0v) is 7.45. The Hall–Kier alpha value is -0.870. The van der Waals surface area contributed by atoms with E-state index in [-0.39, 0.29) is 12.4 Å². The van der Waals surface area contributed by atoms with Crippen LogP contribution >= 0.6 is 0 Å². The van der Waals surface area contributed by atoms with Gasteiger partial charge in [0.25, 0.3) is 0 Å². The van der Waals surface area contributed by atoms with Crippen LogP contribution in [-0.4, -0.2) is 23.5 Å². The Morgan fingerprint density at radius 3 is 2.75 bits per heavy atom. The summed E-state index contributed by atoms with van der Waals surface area (Å²) in [6.07, 6.45) is 5.56. The monoisotopic (exact) mass is 190 g/mol. The lowest BCUT2D eigenvalue weighted by atomic mass is 10.2. The second kappa shape index (κ2) is 4.90. The average Bonchev–Trinajstić information content (AvgIpc) is 2.40. The van der Waals surface area contributed by atoms with Crippen LogP contribution in [-0.2, 0) is 4.79 Å². The number of halogens is 1. The summed E-state index contributed by atoms with van der Waals surface area (Å²) in [5, 5.41) is 8.72. The number of hydrogen-bond acceptors (Lipinski definition) is 2. The highest BCUT2D eigenvalue weighted by atomic mass is 35.5. The molecular weight excluding hydrogens is 180 g/mol. The van der Waals surface area contributed by atoms with Crippen LogP contribution in [0.25, 0.3) is 0 Å². The molecule has 0 amide bonds. The van der Waals surface area contributed by atoms with E-state index in [1.807, 2.05) is 6.92 Å². The number of quaternary nitrogens is 1. The molecule has 68 valence electrons. The Labute approximate surface area is 77.0 Å². The first-order valence-electron chi connectivity index (χ1n) is 3.55. The Morgan fingerprint density at radius 2 is 2.42 bits per heavy atom. The molecule has 0 bridgehead atoms. The summed E-state index contributed by atoms with van der Waals surface area (Å²) in [6, 6.07) is -0.391. The van der Waals surface area contributed by atoms with Gasteiger partial charge in [0.05, 0.1) is 6.20 Å². The Bertz CT molecular complexity index is 203. The fourth-order valence-electron chi connectivity index (χ4n) is 1.06. The van der Waals surface area contributed by atoms with Gasteiger partial charge in [0.1, 0.15) is 6.20 Å². The number of hydrogen-bond donors (Lipinski definition) is 2. The Morgan fingerprint density at radius 1 is 1.75 bits per heavy atom. The van der Waals surface area contributed by atoms with Gasteiger partial charge in [-0.05, 0) is 0 Å². The molecule has 1 heterocycles. The van der Waals surface area contributed by atoms with Crippen LogP contribution in [0.1, 0.15) is 13.3 Å². The first-order valence-corrected chi connectivity index (χ1v) is 3.55. The lowest BCUT2D eigenvalue weighted by Crippen LogP contribution is -3.11. The highest BCUT2D eigenvalue weighted by Crippen LogP contribution is 1.86. The largest absolute Gasteiger partial charge is 1.00 e. The normalized spacial score (nSPS) is 21.9. The summed E-state index contributed by atoms with van der Waals surface area (Å²) in [5.41, 5.74) is 0. The van der Waals surface area contributed by atoms with E-state index in [0.29, 0.717) is 6.42 Å². The molecule has 0 saturated carbocycles. The van der Waals surface area contributed by atoms with Gasteiger partial charge < -0.3 is 17.5 Å². The topological polar surface area (TPSA) is 54.1 Å². The molecule has 0 aromatic carbocycles. The van der Waals surface area contributed by atoms with Gasteiger partial charge in [0.2, 0.25) is 0 Å². The van der Waals surface area contributed by atoms with Gasteiger partial charge in [-0.25, -0.2) is 9.79 Å². The van der Waals surface area contributed by atoms with E-state index in [9.17, 15) is 4.79 Å². The van der Waals surface area contributed by atoms with Crippen LogP contribution in [0.4, 0.5) is 0 Å². The van der Waals surface area contributed by atoms with Crippen molar-refractivity contribution in [1.29, 1.82) is 0 Å². The molecule has 1 aliphatic heterocycles. The predicted octanol–water partition coefficient (Wildman–Crippen LogP) is -3.75. The van der Waals surface area contributed by atoms with Crippen molar-refractivity contribution in [3.63, 3.8) is 0 Å². The molecule has 1 rings (SSSR count). The van der Waals surface area contributed by atoms with Crippen LogP contribution in [0.15, 0.2) is 17.4 Å². The second-order valence-electron chi connectivity index (χ2n) is 2.39. The molecule has 5 heteroatoms. The van der Waals surface area contributed by atoms with Crippen molar-refractivity contribution in [2.24, 2.45) is 4.99 Å². The lowest BCUT2D eigenvalue weighted by Gasteiger charge is -2.12. The first kappa shape index (κ1) is 11.1. The van der Waals surface area contributed by atoms with Crippen molar-refractivity contribution >= 4 is 12.3 Å². The number of carboxylic acid groups (broad SMARTS) is 1. The average molecular weight is 191 g/mol. The van der Waals surface area contributed by atoms with E-state index in [4.69, 9.17) is 5.11 Å². The van der Waals surface area contributed by atoms with Crippen LogP contribution < -0.4 is 17.3 Å². The molecule has 0 aromatic rings. The van der Waals surface area contributed by atoms with E-state index in [0.717, 1.165) is 4.90 Å². The lowest BCUT2D eigenvalue weighted by molar-refractivity contribution is -0.758. The third-order valence-corrected chi connectivity index (χ3v) is 1.69. The second-order valence-corrected chi connectivity index (χ2v) is 2.39. The number of rotatable bonds is 3. The summed E-state index contributed by atoms with van der Waals surface area (Å²) in [6.45, 7) is 1.85. The zero-order chi connectivity index (χ0) is 8.27. The molecule has 2 atom stereocenters. The number of carboxylic acids is 1. The fraction of sp³-hybridized carbons (Fsp3) is 0.429. The predicted molar refractivity (Wildman–Crippen MR) is 40.3 cm³/mol. The first-order chi connectivity index (χ1) is 5.25. The van der Waals surface area contributed by atoms with Gasteiger partial charge in [0, 0.05) is 6.42 Å². The summed E-state index contributed by atoms with van der Waals surface area (Å²) >= 11 is 0. The fourth-order valence-corrected chi connectivity index (χ4v) is 1.06. The van der Waals surface area contributed by atoms with E-state index >= 15 is 0 Å². The summed E-state index contributed by atoms with van der Waals surface area (Å²) in [5.74, 6) is -0.777. The molecule has 4 nitrogen and oxygen atoms in total.